The number of benzene rings is 1. The second kappa shape index (κ2) is 8.26. The number of sulfonamides is 1. The molecule has 9 heteroatoms. The van der Waals surface area contributed by atoms with Crippen molar-refractivity contribution < 1.29 is 23.1 Å². The van der Waals surface area contributed by atoms with Crippen molar-refractivity contribution in [3.05, 3.63) is 53.9 Å². The van der Waals surface area contributed by atoms with Gasteiger partial charge < -0.3 is 14.7 Å². The van der Waals surface area contributed by atoms with E-state index in [1.807, 2.05) is 24.0 Å². The first kappa shape index (κ1) is 20.2. The van der Waals surface area contributed by atoms with Gasteiger partial charge in [0.15, 0.2) is 0 Å². The fourth-order valence-corrected chi connectivity index (χ4v) is 4.63. The summed E-state index contributed by atoms with van der Waals surface area (Å²) in [6.07, 6.45) is 1.71. The fraction of sp³-hybridized carbons (Fsp3) is 0.368. The Labute approximate surface area is 164 Å². The van der Waals surface area contributed by atoms with Crippen molar-refractivity contribution in [2.24, 2.45) is 0 Å². The molecular weight excluding hydrogens is 382 g/mol. The van der Waals surface area contributed by atoms with E-state index in [4.69, 9.17) is 4.74 Å². The zero-order valence-electron chi connectivity index (χ0n) is 15.8. The van der Waals surface area contributed by atoms with Gasteiger partial charge in [0, 0.05) is 37.1 Å². The van der Waals surface area contributed by atoms with Crippen molar-refractivity contribution >= 4 is 16.0 Å². The average Bonchev–Trinajstić information content (AvgIpc) is 2.67. The summed E-state index contributed by atoms with van der Waals surface area (Å²) in [6.45, 7) is 2.98. The van der Waals surface area contributed by atoms with E-state index < -0.39 is 22.0 Å². The first-order chi connectivity index (χ1) is 13.3. The van der Waals surface area contributed by atoms with Gasteiger partial charge in [-0.25, -0.2) is 8.42 Å². The first-order valence-electron chi connectivity index (χ1n) is 8.85. The van der Waals surface area contributed by atoms with Crippen molar-refractivity contribution in [3.63, 3.8) is 0 Å². The van der Waals surface area contributed by atoms with Crippen LogP contribution in [0.1, 0.15) is 11.3 Å². The van der Waals surface area contributed by atoms with Gasteiger partial charge in [-0.1, -0.05) is 6.07 Å². The lowest BCUT2D eigenvalue weighted by Crippen LogP contribution is -2.57. The SMILES string of the molecule is Cc1ncccc1COc1ccc(S(=O)(=O)N2CCN(C)CC2C(=O)O)cc1. The second-order valence-electron chi connectivity index (χ2n) is 6.74. The summed E-state index contributed by atoms with van der Waals surface area (Å²) in [6, 6.07) is 8.68. The number of piperazine rings is 1. The highest BCUT2D eigenvalue weighted by atomic mass is 32.2. The summed E-state index contributed by atoms with van der Waals surface area (Å²) in [5.74, 6) is -0.628. The van der Waals surface area contributed by atoms with Gasteiger partial charge in [-0.15, -0.1) is 0 Å². The van der Waals surface area contributed by atoms with Crippen molar-refractivity contribution in [2.75, 3.05) is 26.7 Å². The topological polar surface area (TPSA) is 100 Å². The van der Waals surface area contributed by atoms with Crippen molar-refractivity contribution in [1.29, 1.82) is 0 Å². The number of carbonyl (C=O) groups is 1. The third-order valence-electron chi connectivity index (χ3n) is 4.76. The number of hydrogen-bond donors (Lipinski definition) is 1. The maximum atomic E-state index is 12.9. The van der Waals surface area contributed by atoms with Gasteiger partial charge >= 0.3 is 5.97 Å². The number of rotatable bonds is 6. The Kier molecular flexibility index (Phi) is 5.97. The molecule has 3 rings (SSSR count). The largest absolute Gasteiger partial charge is 0.489 e. The van der Waals surface area contributed by atoms with E-state index in [1.54, 1.807) is 25.4 Å². The summed E-state index contributed by atoms with van der Waals surface area (Å²) >= 11 is 0. The van der Waals surface area contributed by atoms with Gasteiger partial charge in [-0.3, -0.25) is 9.78 Å². The molecule has 0 aliphatic carbocycles. The Morgan fingerprint density at radius 1 is 1.25 bits per heavy atom. The van der Waals surface area contributed by atoms with Crippen LogP contribution in [0.15, 0.2) is 47.5 Å². The Morgan fingerprint density at radius 3 is 2.61 bits per heavy atom. The Balaban J connectivity index is 1.74. The summed E-state index contributed by atoms with van der Waals surface area (Å²) in [7, 11) is -2.14. The number of carboxylic acids is 1. The highest BCUT2D eigenvalue weighted by Crippen LogP contribution is 2.24. The molecule has 1 aliphatic heterocycles. The monoisotopic (exact) mass is 405 g/mol. The number of aromatic nitrogens is 1. The number of carboxylic acid groups (broad SMARTS) is 1. The molecule has 0 radical (unpaired) electrons. The van der Waals surface area contributed by atoms with Gasteiger partial charge in [-0.2, -0.15) is 4.31 Å². The molecule has 2 heterocycles. The third kappa shape index (κ3) is 4.32. The Bertz CT molecular complexity index is 946. The van der Waals surface area contributed by atoms with E-state index in [0.717, 1.165) is 15.6 Å². The number of likely N-dealkylation sites (N-methyl/N-ethyl adjacent to an activating group) is 1. The molecule has 1 aliphatic rings. The van der Waals surface area contributed by atoms with Crippen LogP contribution in [0.2, 0.25) is 0 Å². The minimum absolute atomic E-state index is 0.0493. The van der Waals surface area contributed by atoms with Crippen LogP contribution in [0, 0.1) is 6.92 Å². The lowest BCUT2D eigenvalue weighted by molar-refractivity contribution is -0.143. The molecule has 28 heavy (non-hydrogen) atoms. The maximum absolute atomic E-state index is 12.9. The minimum Gasteiger partial charge on any atom is -0.489 e. The van der Waals surface area contributed by atoms with E-state index in [2.05, 4.69) is 4.98 Å². The predicted molar refractivity (Wildman–Crippen MR) is 103 cm³/mol. The van der Waals surface area contributed by atoms with Crippen LogP contribution >= 0.6 is 0 Å². The highest BCUT2D eigenvalue weighted by molar-refractivity contribution is 7.89. The van der Waals surface area contributed by atoms with Gasteiger partial charge in [0.2, 0.25) is 10.0 Å². The van der Waals surface area contributed by atoms with Crippen LogP contribution in [0.25, 0.3) is 0 Å². The first-order valence-corrected chi connectivity index (χ1v) is 10.3. The molecule has 1 aromatic heterocycles. The second-order valence-corrected chi connectivity index (χ2v) is 8.63. The van der Waals surface area contributed by atoms with Crippen LogP contribution in [0.4, 0.5) is 0 Å². The molecule has 0 bridgehead atoms. The molecule has 0 spiro atoms. The molecule has 1 saturated heterocycles. The molecule has 0 saturated carbocycles. The zero-order chi connectivity index (χ0) is 20.3. The Morgan fingerprint density at radius 2 is 1.96 bits per heavy atom. The van der Waals surface area contributed by atoms with Gasteiger partial charge in [0.05, 0.1) is 4.90 Å². The molecule has 1 N–H and O–H groups in total. The van der Waals surface area contributed by atoms with E-state index in [-0.39, 0.29) is 18.0 Å². The molecule has 1 atom stereocenters. The van der Waals surface area contributed by atoms with Gasteiger partial charge in [0.1, 0.15) is 18.4 Å². The quantitative estimate of drug-likeness (QED) is 0.774. The van der Waals surface area contributed by atoms with Gasteiger partial charge in [0.25, 0.3) is 0 Å². The van der Waals surface area contributed by atoms with Crippen molar-refractivity contribution in [3.8, 4) is 5.75 Å². The molecular formula is C19H23N3O5S. The molecule has 0 amide bonds. The highest BCUT2D eigenvalue weighted by Gasteiger charge is 2.39. The summed E-state index contributed by atoms with van der Waals surface area (Å²) < 4.78 is 32.6. The molecule has 1 unspecified atom stereocenters. The third-order valence-corrected chi connectivity index (χ3v) is 6.68. The lowest BCUT2D eigenvalue weighted by Gasteiger charge is -2.36. The van der Waals surface area contributed by atoms with Crippen LogP contribution in [-0.2, 0) is 21.4 Å². The molecule has 1 fully saturated rings. The summed E-state index contributed by atoms with van der Waals surface area (Å²) in [5, 5.41) is 9.42. The Hall–Kier alpha value is -2.49. The van der Waals surface area contributed by atoms with Crippen LogP contribution < -0.4 is 4.74 Å². The zero-order valence-corrected chi connectivity index (χ0v) is 16.6. The standard InChI is InChI=1S/C19H23N3O5S/c1-14-15(4-3-9-20-14)13-27-16-5-7-17(8-6-16)28(25,26)22-11-10-21(2)12-18(22)19(23)24/h3-9,18H,10-13H2,1-2H3,(H,23,24). The lowest BCUT2D eigenvalue weighted by atomic mass is 10.2. The molecule has 8 nitrogen and oxygen atoms in total. The number of hydrogen-bond acceptors (Lipinski definition) is 6. The van der Waals surface area contributed by atoms with E-state index in [1.165, 1.54) is 12.1 Å². The minimum atomic E-state index is -3.91. The fourth-order valence-electron chi connectivity index (χ4n) is 3.07. The smallest absolute Gasteiger partial charge is 0.323 e. The molecule has 150 valence electrons. The van der Waals surface area contributed by atoms with E-state index in [0.29, 0.717) is 18.9 Å². The average molecular weight is 405 g/mol. The summed E-state index contributed by atoms with van der Waals surface area (Å²) in [5.41, 5.74) is 1.82. The predicted octanol–water partition coefficient (Wildman–Crippen LogP) is 1.36. The number of nitrogens with zero attached hydrogens (tertiary/aromatic N) is 3. The number of aryl methyl sites for hydroxylation is 1. The number of aliphatic carboxylic acids is 1. The van der Waals surface area contributed by atoms with Crippen LogP contribution in [-0.4, -0.2) is 66.4 Å². The van der Waals surface area contributed by atoms with Crippen molar-refractivity contribution in [2.45, 2.75) is 24.5 Å². The van der Waals surface area contributed by atoms with E-state index in [9.17, 15) is 18.3 Å². The van der Waals surface area contributed by atoms with Crippen molar-refractivity contribution in [1.82, 2.24) is 14.2 Å². The molecule has 1 aromatic carbocycles. The molecule has 2 aromatic rings. The van der Waals surface area contributed by atoms with Crippen LogP contribution in [0.3, 0.4) is 0 Å². The van der Waals surface area contributed by atoms with Crippen LogP contribution in [0.5, 0.6) is 5.75 Å². The number of pyridine rings is 1. The van der Waals surface area contributed by atoms with E-state index >= 15 is 0 Å². The number of ether oxygens (including phenoxy) is 1. The normalized spacial score (nSPS) is 18.7. The maximum Gasteiger partial charge on any atom is 0.323 e. The summed E-state index contributed by atoms with van der Waals surface area (Å²) in [4.78, 5) is 17.6. The van der Waals surface area contributed by atoms with Gasteiger partial charge in [-0.05, 0) is 44.3 Å².